The SMILES string of the molecule is CCCCN1C(c2ccco2)=NS(=O)(=O)c2cc(NC(=O)c3ccc(OC)cc3)ccc21. The van der Waals surface area contributed by atoms with Gasteiger partial charge in [0.2, 0.25) is 0 Å². The summed E-state index contributed by atoms with van der Waals surface area (Å²) >= 11 is 0. The summed E-state index contributed by atoms with van der Waals surface area (Å²) in [6.45, 7) is 2.64. The van der Waals surface area contributed by atoms with Gasteiger partial charge in [-0.05, 0) is 61.0 Å². The van der Waals surface area contributed by atoms with Crippen molar-refractivity contribution in [1.82, 2.24) is 0 Å². The summed E-state index contributed by atoms with van der Waals surface area (Å²) < 4.78 is 40.5. The fourth-order valence-electron chi connectivity index (χ4n) is 3.42. The number of nitrogens with zero attached hydrogens (tertiary/aromatic N) is 2. The molecule has 0 fully saturated rings. The van der Waals surface area contributed by atoms with Crippen LogP contribution in [0.3, 0.4) is 0 Å². The molecular formula is C23H23N3O5S. The maximum atomic E-state index is 13.0. The predicted molar refractivity (Wildman–Crippen MR) is 122 cm³/mol. The summed E-state index contributed by atoms with van der Waals surface area (Å²) in [5.74, 6) is 0.917. The van der Waals surface area contributed by atoms with Gasteiger partial charge in [-0.15, -0.1) is 4.40 Å². The molecule has 9 heteroatoms. The zero-order valence-electron chi connectivity index (χ0n) is 17.7. The van der Waals surface area contributed by atoms with E-state index in [1.54, 1.807) is 55.6 Å². The Kier molecular flexibility index (Phi) is 6.00. The number of nitrogens with one attached hydrogen (secondary N) is 1. The topological polar surface area (TPSA) is 101 Å². The number of sulfonamides is 1. The van der Waals surface area contributed by atoms with Crippen molar-refractivity contribution in [1.29, 1.82) is 0 Å². The molecule has 1 amide bonds. The van der Waals surface area contributed by atoms with Crippen molar-refractivity contribution in [3.05, 3.63) is 72.2 Å². The Morgan fingerprint density at radius 1 is 1.16 bits per heavy atom. The smallest absolute Gasteiger partial charge is 0.286 e. The molecule has 3 aromatic rings. The number of carbonyl (C=O) groups is 1. The van der Waals surface area contributed by atoms with Crippen LogP contribution in [0.1, 0.15) is 35.9 Å². The Labute approximate surface area is 186 Å². The maximum Gasteiger partial charge on any atom is 0.286 e. The molecule has 2 aromatic carbocycles. The molecule has 2 heterocycles. The van der Waals surface area contributed by atoms with Crippen molar-refractivity contribution in [2.45, 2.75) is 24.7 Å². The number of rotatable bonds is 7. The number of anilines is 2. The zero-order valence-corrected chi connectivity index (χ0v) is 18.6. The minimum Gasteiger partial charge on any atom is -0.497 e. The number of ether oxygens (including phenoxy) is 1. The van der Waals surface area contributed by atoms with E-state index in [4.69, 9.17) is 9.15 Å². The third-order valence-corrected chi connectivity index (χ3v) is 6.37. The van der Waals surface area contributed by atoms with Crippen LogP contribution >= 0.6 is 0 Å². The number of amides is 1. The molecule has 1 N–H and O–H groups in total. The average molecular weight is 454 g/mol. The molecule has 0 saturated heterocycles. The highest BCUT2D eigenvalue weighted by atomic mass is 32.2. The van der Waals surface area contributed by atoms with Crippen LogP contribution in [0.2, 0.25) is 0 Å². The van der Waals surface area contributed by atoms with Crippen LogP contribution in [-0.2, 0) is 10.0 Å². The summed E-state index contributed by atoms with van der Waals surface area (Å²) in [6.07, 6.45) is 3.25. The molecule has 0 spiro atoms. The minimum atomic E-state index is -3.99. The van der Waals surface area contributed by atoms with Gasteiger partial charge in [-0.1, -0.05) is 13.3 Å². The first-order chi connectivity index (χ1) is 15.4. The summed E-state index contributed by atoms with van der Waals surface area (Å²) in [6, 6.07) is 14.8. The van der Waals surface area contributed by atoms with Crippen LogP contribution < -0.4 is 15.0 Å². The molecule has 0 bridgehead atoms. The van der Waals surface area contributed by atoms with E-state index in [0.29, 0.717) is 35.0 Å². The van der Waals surface area contributed by atoms with Gasteiger partial charge in [-0.3, -0.25) is 4.79 Å². The van der Waals surface area contributed by atoms with Crippen molar-refractivity contribution in [3.8, 4) is 5.75 Å². The van der Waals surface area contributed by atoms with E-state index in [0.717, 1.165) is 12.8 Å². The van der Waals surface area contributed by atoms with Crippen molar-refractivity contribution >= 4 is 33.1 Å². The van der Waals surface area contributed by atoms with Gasteiger partial charge in [0.05, 0.1) is 19.1 Å². The molecule has 166 valence electrons. The number of methoxy groups -OCH3 is 1. The number of benzene rings is 2. The Balaban J connectivity index is 1.68. The van der Waals surface area contributed by atoms with E-state index in [-0.39, 0.29) is 16.6 Å². The molecule has 1 aromatic heterocycles. The van der Waals surface area contributed by atoms with E-state index in [1.165, 1.54) is 12.3 Å². The van der Waals surface area contributed by atoms with Crippen molar-refractivity contribution in [3.63, 3.8) is 0 Å². The summed E-state index contributed by atoms with van der Waals surface area (Å²) in [4.78, 5) is 14.5. The van der Waals surface area contributed by atoms with Gasteiger partial charge >= 0.3 is 0 Å². The number of unbranched alkanes of at least 4 members (excludes halogenated alkanes) is 1. The van der Waals surface area contributed by atoms with Gasteiger partial charge < -0.3 is 19.4 Å². The third kappa shape index (κ3) is 4.24. The Morgan fingerprint density at radius 2 is 1.94 bits per heavy atom. The normalized spacial score (nSPS) is 14.4. The molecule has 0 radical (unpaired) electrons. The van der Waals surface area contributed by atoms with Crippen molar-refractivity contribution < 1.29 is 22.4 Å². The lowest BCUT2D eigenvalue weighted by Crippen LogP contribution is -2.37. The summed E-state index contributed by atoms with van der Waals surface area (Å²) in [5.41, 5.74) is 1.29. The second-order valence-electron chi connectivity index (χ2n) is 7.24. The number of fused-ring (bicyclic) bond motifs is 1. The zero-order chi connectivity index (χ0) is 22.7. The summed E-state index contributed by atoms with van der Waals surface area (Å²) in [7, 11) is -2.44. The molecule has 0 unspecified atom stereocenters. The molecule has 4 rings (SSSR count). The van der Waals surface area contributed by atoms with Gasteiger partial charge in [0, 0.05) is 17.8 Å². The number of amidine groups is 1. The average Bonchev–Trinajstić information content (AvgIpc) is 3.33. The second kappa shape index (κ2) is 8.88. The standard InChI is InChI=1S/C23H23N3O5S/c1-3-4-13-26-19-12-9-17(24-23(27)16-7-10-18(30-2)11-8-16)15-21(19)32(28,29)25-22(26)20-6-5-14-31-20/h5-12,14-15H,3-4,13H2,1-2H3,(H,24,27). The van der Waals surface area contributed by atoms with E-state index < -0.39 is 10.0 Å². The van der Waals surface area contributed by atoms with Gasteiger partial charge in [0.15, 0.2) is 11.6 Å². The number of furan rings is 1. The molecule has 0 saturated carbocycles. The number of hydrogen-bond acceptors (Lipinski definition) is 6. The van der Waals surface area contributed by atoms with E-state index >= 15 is 0 Å². The van der Waals surface area contributed by atoms with Crippen LogP contribution in [0, 0.1) is 0 Å². The largest absolute Gasteiger partial charge is 0.497 e. The molecule has 32 heavy (non-hydrogen) atoms. The first-order valence-electron chi connectivity index (χ1n) is 10.2. The van der Waals surface area contributed by atoms with Crippen LogP contribution in [0.5, 0.6) is 5.75 Å². The molecule has 0 atom stereocenters. The predicted octanol–water partition coefficient (Wildman–Crippen LogP) is 4.30. The van der Waals surface area contributed by atoms with E-state index in [1.807, 2.05) is 4.90 Å². The maximum absolute atomic E-state index is 13.0. The molecule has 1 aliphatic heterocycles. The lowest BCUT2D eigenvalue weighted by Gasteiger charge is -2.30. The second-order valence-corrected chi connectivity index (χ2v) is 8.81. The quantitative estimate of drug-likeness (QED) is 0.573. The first kappa shape index (κ1) is 21.6. The Morgan fingerprint density at radius 3 is 2.59 bits per heavy atom. The van der Waals surface area contributed by atoms with E-state index in [9.17, 15) is 13.2 Å². The minimum absolute atomic E-state index is 0.0384. The monoisotopic (exact) mass is 453 g/mol. The highest BCUT2D eigenvalue weighted by molar-refractivity contribution is 7.90. The fourth-order valence-corrected chi connectivity index (χ4v) is 4.65. The van der Waals surface area contributed by atoms with Gasteiger partial charge in [-0.25, -0.2) is 0 Å². The van der Waals surface area contributed by atoms with Crippen molar-refractivity contribution in [2.75, 3.05) is 23.9 Å². The Bertz CT molecular complexity index is 1250. The highest BCUT2D eigenvalue weighted by Gasteiger charge is 2.33. The Hall–Kier alpha value is -3.59. The van der Waals surface area contributed by atoms with E-state index in [2.05, 4.69) is 16.6 Å². The van der Waals surface area contributed by atoms with Crippen LogP contribution in [0.25, 0.3) is 0 Å². The van der Waals surface area contributed by atoms with Crippen molar-refractivity contribution in [2.24, 2.45) is 4.40 Å². The van der Waals surface area contributed by atoms with Crippen LogP contribution in [0.15, 0.2) is 74.6 Å². The van der Waals surface area contributed by atoms with Crippen LogP contribution in [0.4, 0.5) is 11.4 Å². The summed E-state index contributed by atoms with van der Waals surface area (Å²) in [5, 5.41) is 2.75. The fraction of sp³-hybridized carbons (Fsp3) is 0.217. The van der Waals surface area contributed by atoms with Crippen LogP contribution in [-0.4, -0.2) is 33.8 Å². The highest BCUT2D eigenvalue weighted by Crippen LogP contribution is 2.35. The number of carbonyl (C=O) groups excluding carboxylic acids is 1. The molecule has 8 nitrogen and oxygen atoms in total. The lowest BCUT2D eigenvalue weighted by atomic mass is 10.2. The van der Waals surface area contributed by atoms with Gasteiger partial charge in [0.25, 0.3) is 15.9 Å². The van der Waals surface area contributed by atoms with Gasteiger partial charge in [-0.2, -0.15) is 8.42 Å². The molecule has 0 aliphatic carbocycles. The lowest BCUT2D eigenvalue weighted by molar-refractivity contribution is 0.102. The first-order valence-corrected chi connectivity index (χ1v) is 11.6. The third-order valence-electron chi connectivity index (χ3n) is 5.08. The number of hydrogen-bond donors (Lipinski definition) is 1. The molecule has 1 aliphatic rings. The van der Waals surface area contributed by atoms with Gasteiger partial charge in [0.1, 0.15) is 10.6 Å². The molecular weight excluding hydrogens is 430 g/mol.